The van der Waals surface area contributed by atoms with Crippen LogP contribution in [0.3, 0.4) is 0 Å². The fraction of sp³-hybridized carbons (Fsp3) is 0.235. The zero-order valence-corrected chi connectivity index (χ0v) is 12.6. The molecule has 2 aromatic rings. The van der Waals surface area contributed by atoms with Gasteiger partial charge in [-0.25, -0.2) is 0 Å². The summed E-state index contributed by atoms with van der Waals surface area (Å²) in [5.41, 5.74) is 1.56. The molecule has 0 aliphatic rings. The number of amides is 1. The van der Waals surface area contributed by atoms with E-state index in [1.807, 2.05) is 37.3 Å². The van der Waals surface area contributed by atoms with Gasteiger partial charge in [-0.05, 0) is 24.5 Å². The summed E-state index contributed by atoms with van der Waals surface area (Å²) in [4.78, 5) is 22.9. The molecule has 0 heterocycles. The van der Waals surface area contributed by atoms with Gasteiger partial charge in [-0.2, -0.15) is 0 Å². The Labute approximate surface area is 129 Å². The first kappa shape index (κ1) is 15.7. The average Bonchev–Trinajstić information content (AvgIpc) is 2.52. The number of aryl methyl sites for hydroxylation is 1. The largest absolute Gasteiger partial charge is 0.351 e. The van der Waals surface area contributed by atoms with Gasteiger partial charge >= 0.3 is 0 Å². The van der Waals surface area contributed by atoms with Crippen LogP contribution < -0.4 is 5.32 Å². The maximum atomic E-state index is 12.2. The van der Waals surface area contributed by atoms with E-state index in [-0.39, 0.29) is 17.2 Å². The molecule has 0 bridgehead atoms. The van der Waals surface area contributed by atoms with Gasteiger partial charge < -0.3 is 5.32 Å². The van der Waals surface area contributed by atoms with Crippen molar-refractivity contribution in [2.24, 2.45) is 0 Å². The Morgan fingerprint density at radius 3 is 2.50 bits per heavy atom. The van der Waals surface area contributed by atoms with Gasteiger partial charge in [-0.3, -0.25) is 14.9 Å². The van der Waals surface area contributed by atoms with Crippen molar-refractivity contribution in [1.82, 2.24) is 5.32 Å². The molecule has 0 aliphatic carbocycles. The van der Waals surface area contributed by atoms with E-state index < -0.39 is 10.8 Å². The lowest BCUT2D eigenvalue weighted by atomic mass is 10.0. The van der Waals surface area contributed by atoms with Gasteiger partial charge in [-0.15, -0.1) is 0 Å². The van der Waals surface area contributed by atoms with E-state index in [0.29, 0.717) is 12.1 Å². The predicted octanol–water partition coefficient (Wildman–Crippen LogP) is 3.44. The minimum Gasteiger partial charge on any atom is -0.351 e. The molecule has 0 aromatic heterocycles. The number of nitrogens with zero attached hydrogens (tertiary/aromatic N) is 1. The summed E-state index contributed by atoms with van der Waals surface area (Å²) >= 11 is 0. The summed E-state index contributed by atoms with van der Waals surface area (Å²) in [6.07, 6.45) is 0. The molecule has 0 fully saturated rings. The number of para-hydroxylation sites is 1. The summed E-state index contributed by atoms with van der Waals surface area (Å²) < 4.78 is 0. The highest BCUT2D eigenvalue weighted by Crippen LogP contribution is 2.23. The fourth-order valence-electron chi connectivity index (χ4n) is 2.32. The molecule has 1 N–H and O–H groups in total. The average molecular weight is 298 g/mol. The summed E-state index contributed by atoms with van der Waals surface area (Å²) in [5, 5.41) is 13.9. The van der Waals surface area contributed by atoms with Gasteiger partial charge in [-0.1, -0.05) is 49.4 Å². The molecule has 5 heteroatoms. The number of nitro benzene ring substituents is 1. The van der Waals surface area contributed by atoms with Gasteiger partial charge in [0.25, 0.3) is 11.6 Å². The van der Waals surface area contributed by atoms with Crippen LogP contribution in [0.15, 0.2) is 48.5 Å². The Kier molecular flexibility index (Phi) is 4.88. The van der Waals surface area contributed by atoms with Crippen molar-refractivity contribution in [3.8, 4) is 0 Å². The Morgan fingerprint density at radius 1 is 1.18 bits per heavy atom. The van der Waals surface area contributed by atoms with Crippen LogP contribution in [0.2, 0.25) is 0 Å². The molecule has 0 radical (unpaired) electrons. The molecule has 22 heavy (non-hydrogen) atoms. The van der Waals surface area contributed by atoms with Crippen LogP contribution in [-0.2, 0) is 0 Å². The summed E-state index contributed by atoms with van der Waals surface area (Å²) in [5.74, 6) is -0.285. The van der Waals surface area contributed by atoms with Crippen LogP contribution >= 0.6 is 0 Å². The molecule has 0 saturated heterocycles. The molecule has 0 saturated carbocycles. The van der Waals surface area contributed by atoms with Crippen LogP contribution in [0.4, 0.5) is 5.69 Å². The third kappa shape index (κ3) is 3.49. The summed E-state index contributed by atoms with van der Waals surface area (Å²) in [6, 6.07) is 14.6. The second-order valence-corrected chi connectivity index (χ2v) is 5.25. The Balaban J connectivity index is 2.11. The van der Waals surface area contributed by atoms with Crippen molar-refractivity contribution in [3.05, 3.63) is 75.3 Å². The number of hydrogen-bond donors (Lipinski definition) is 1. The quantitative estimate of drug-likeness (QED) is 0.679. The monoisotopic (exact) mass is 298 g/mol. The lowest BCUT2D eigenvalue weighted by molar-refractivity contribution is -0.385. The van der Waals surface area contributed by atoms with Crippen LogP contribution in [0, 0.1) is 17.0 Å². The minimum atomic E-state index is -0.509. The van der Waals surface area contributed by atoms with Gasteiger partial charge in [0, 0.05) is 12.1 Å². The lowest BCUT2D eigenvalue weighted by Crippen LogP contribution is -2.28. The first-order valence-corrected chi connectivity index (χ1v) is 7.08. The fourth-order valence-corrected chi connectivity index (χ4v) is 2.32. The second-order valence-electron chi connectivity index (χ2n) is 5.25. The van der Waals surface area contributed by atoms with Crippen LogP contribution in [0.1, 0.15) is 34.3 Å². The number of nitrogens with one attached hydrogen (secondary N) is 1. The zero-order valence-electron chi connectivity index (χ0n) is 12.6. The number of hydrogen-bond acceptors (Lipinski definition) is 3. The highest BCUT2D eigenvalue weighted by molar-refractivity contribution is 5.98. The third-order valence-electron chi connectivity index (χ3n) is 3.60. The van der Waals surface area contributed by atoms with Gasteiger partial charge in [0.1, 0.15) is 5.56 Å². The van der Waals surface area contributed by atoms with Crippen LogP contribution in [-0.4, -0.2) is 17.4 Å². The maximum Gasteiger partial charge on any atom is 0.285 e. The zero-order chi connectivity index (χ0) is 16.1. The number of carbonyl (C=O) groups is 1. The minimum absolute atomic E-state index is 0.102. The Morgan fingerprint density at radius 2 is 1.86 bits per heavy atom. The molecule has 1 amide bonds. The molecule has 0 aliphatic heterocycles. The topological polar surface area (TPSA) is 72.2 Å². The van der Waals surface area contributed by atoms with E-state index in [2.05, 4.69) is 5.32 Å². The van der Waals surface area contributed by atoms with Crippen molar-refractivity contribution >= 4 is 11.6 Å². The second kappa shape index (κ2) is 6.85. The summed E-state index contributed by atoms with van der Waals surface area (Å²) in [7, 11) is 0. The van der Waals surface area contributed by atoms with Crippen molar-refractivity contribution in [3.63, 3.8) is 0 Å². The van der Waals surface area contributed by atoms with Crippen LogP contribution in [0.25, 0.3) is 0 Å². The van der Waals surface area contributed by atoms with Gasteiger partial charge in [0.05, 0.1) is 4.92 Å². The number of benzene rings is 2. The Hall–Kier alpha value is -2.69. The third-order valence-corrected chi connectivity index (χ3v) is 3.60. The molecular weight excluding hydrogens is 280 g/mol. The van der Waals surface area contributed by atoms with E-state index in [1.165, 1.54) is 6.07 Å². The molecule has 1 atom stereocenters. The standard InChI is InChI=1S/C17H18N2O3/c1-12-7-6-10-15(16(12)19(21)22)17(20)18-11-13(2)14-8-4-3-5-9-14/h3-10,13H,11H2,1-2H3,(H,18,20)/t13-/m1/s1. The highest BCUT2D eigenvalue weighted by atomic mass is 16.6. The van der Waals surface area contributed by atoms with Crippen molar-refractivity contribution in [2.45, 2.75) is 19.8 Å². The number of nitro groups is 1. The summed E-state index contributed by atoms with van der Waals surface area (Å²) in [6.45, 7) is 4.05. The SMILES string of the molecule is Cc1cccc(C(=O)NC[C@@H](C)c2ccccc2)c1[N+](=O)[O-]. The lowest BCUT2D eigenvalue weighted by Gasteiger charge is -2.13. The van der Waals surface area contributed by atoms with Gasteiger partial charge in [0.2, 0.25) is 0 Å². The predicted molar refractivity (Wildman–Crippen MR) is 85.0 cm³/mol. The smallest absolute Gasteiger partial charge is 0.285 e. The van der Waals surface area contributed by atoms with Crippen molar-refractivity contribution in [2.75, 3.05) is 6.54 Å². The first-order chi connectivity index (χ1) is 10.5. The molecule has 0 spiro atoms. The van der Waals surface area contributed by atoms with Gasteiger partial charge in [0.15, 0.2) is 0 Å². The van der Waals surface area contributed by atoms with E-state index >= 15 is 0 Å². The molecule has 114 valence electrons. The number of rotatable bonds is 5. The molecular formula is C17H18N2O3. The molecule has 2 aromatic carbocycles. The Bertz CT molecular complexity index is 684. The van der Waals surface area contributed by atoms with E-state index in [0.717, 1.165) is 5.56 Å². The maximum absolute atomic E-state index is 12.2. The van der Waals surface area contributed by atoms with Crippen LogP contribution in [0.5, 0.6) is 0 Å². The molecule has 2 rings (SSSR count). The number of carbonyl (C=O) groups excluding carboxylic acids is 1. The van der Waals surface area contributed by atoms with Crippen molar-refractivity contribution in [1.29, 1.82) is 0 Å². The van der Waals surface area contributed by atoms with E-state index in [9.17, 15) is 14.9 Å². The van der Waals surface area contributed by atoms with E-state index in [4.69, 9.17) is 0 Å². The van der Waals surface area contributed by atoms with Crippen molar-refractivity contribution < 1.29 is 9.72 Å². The molecule has 0 unspecified atom stereocenters. The normalized spacial score (nSPS) is 11.7. The molecule has 5 nitrogen and oxygen atoms in total. The first-order valence-electron chi connectivity index (χ1n) is 7.08. The van der Waals surface area contributed by atoms with E-state index in [1.54, 1.807) is 19.1 Å². The highest BCUT2D eigenvalue weighted by Gasteiger charge is 2.22.